The number of nitrogens with one attached hydrogen (secondary N) is 1. The molecule has 2 N–H and O–H groups in total. The average molecular weight is 315 g/mol. The molecular formula is C14H15F2NO3S. The van der Waals surface area contributed by atoms with Gasteiger partial charge in [0.1, 0.15) is 11.6 Å². The Morgan fingerprint density at radius 1 is 1.38 bits per heavy atom. The van der Waals surface area contributed by atoms with E-state index in [0.29, 0.717) is 0 Å². The molecule has 0 radical (unpaired) electrons. The molecule has 1 unspecified atom stereocenters. The minimum Gasteiger partial charge on any atom is -0.481 e. The molecule has 1 aromatic rings. The summed E-state index contributed by atoms with van der Waals surface area (Å²) in [4.78, 5) is 22.7. The highest BCUT2D eigenvalue weighted by Gasteiger charge is 2.33. The molecule has 1 amide bonds. The van der Waals surface area contributed by atoms with Gasteiger partial charge in [-0.15, -0.1) is 11.8 Å². The van der Waals surface area contributed by atoms with E-state index in [1.165, 1.54) is 6.07 Å². The van der Waals surface area contributed by atoms with Crippen molar-refractivity contribution in [2.24, 2.45) is 5.92 Å². The second-order valence-corrected chi connectivity index (χ2v) is 5.99. The van der Waals surface area contributed by atoms with Crippen molar-refractivity contribution in [3.63, 3.8) is 0 Å². The van der Waals surface area contributed by atoms with E-state index in [1.807, 2.05) is 0 Å². The Morgan fingerprint density at radius 3 is 2.67 bits per heavy atom. The van der Waals surface area contributed by atoms with Crippen LogP contribution in [0.1, 0.15) is 19.3 Å². The second-order valence-electron chi connectivity index (χ2n) is 4.97. The molecule has 0 heterocycles. The van der Waals surface area contributed by atoms with Crippen LogP contribution in [-0.4, -0.2) is 28.8 Å². The zero-order valence-corrected chi connectivity index (χ0v) is 12.0. The van der Waals surface area contributed by atoms with Crippen LogP contribution in [0, 0.1) is 17.6 Å². The lowest BCUT2D eigenvalue weighted by Gasteiger charge is -2.16. The molecular weight excluding hydrogens is 300 g/mol. The Balaban J connectivity index is 1.84. The summed E-state index contributed by atoms with van der Waals surface area (Å²) in [5.74, 6) is -2.50. The van der Waals surface area contributed by atoms with Crippen molar-refractivity contribution >= 4 is 23.6 Å². The number of carbonyl (C=O) groups excluding carboxylic acids is 1. The molecule has 114 valence electrons. The van der Waals surface area contributed by atoms with E-state index in [9.17, 15) is 18.4 Å². The number of hydrogen-bond donors (Lipinski definition) is 2. The third-order valence-electron chi connectivity index (χ3n) is 3.18. The SMILES string of the molecule is O=C(O)CC(NC(=O)CSc1ccc(F)cc1F)C1CC1. The summed E-state index contributed by atoms with van der Waals surface area (Å²) in [6, 6.07) is 2.80. The van der Waals surface area contributed by atoms with Crippen LogP contribution in [-0.2, 0) is 9.59 Å². The molecule has 0 aliphatic heterocycles. The first-order chi connectivity index (χ1) is 9.95. The van der Waals surface area contributed by atoms with E-state index < -0.39 is 17.6 Å². The fourth-order valence-electron chi connectivity index (χ4n) is 2.01. The third kappa shape index (κ3) is 5.00. The van der Waals surface area contributed by atoms with Gasteiger partial charge in [0.25, 0.3) is 0 Å². The van der Waals surface area contributed by atoms with E-state index in [-0.39, 0.29) is 34.9 Å². The molecule has 0 saturated heterocycles. The van der Waals surface area contributed by atoms with E-state index in [1.54, 1.807) is 0 Å². The van der Waals surface area contributed by atoms with Crippen LogP contribution in [0.4, 0.5) is 8.78 Å². The number of amides is 1. The quantitative estimate of drug-likeness (QED) is 0.759. The summed E-state index contributed by atoms with van der Waals surface area (Å²) >= 11 is 0.956. The van der Waals surface area contributed by atoms with Gasteiger partial charge in [0.2, 0.25) is 5.91 Å². The van der Waals surface area contributed by atoms with E-state index in [4.69, 9.17) is 5.11 Å². The molecule has 1 aromatic carbocycles. The predicted molar refractivity (Wildman–Crippen MR) is 74.0 cm³/mol. The zero-order valence-electron chi connectivity index (χ0n) is 11.1. The van der Waals surface area contributed by atoms with Gasteiger partial charge in [-0.2, -0.15) is 0 Å². The van der Waals surface area contributed by atoms with Crippen molar-refractivity contribution in [3.05, 3.63) is 29.8 Å². The summed E-state index contributed by atoms with van der Waals surface area (Å²) in [5.41, 5.74) is 0. The Labute approximate surface area is 124 Å². The first-order valence-corrected chi connectivity index (χ1v) is 7.53. The highest BCUT2D eigenvalue weighted by atomic mass is 32.2. The fraction of sp³-hybridized carbons (Fsp3) is 0.429. The van der Waals surface area contributed by atoms with Crippen LogP contribution >= 0.6 is 11.8 Å². The first kappa shape index (κ1) is 15.8. The molecule has 4 nitrogen and oxygen atoms in total. The van der Waals surface area contributed by atoms with Gasteiger partial charge in [-0.1, -0.05) is 0 Å². The summed E-state index contributed by atoms with van der Waals surface area (Å²) in [5, 5.41) is 11.5. The maximum atomic E-state index is 13.4. The van der Waals surface area contributed by atoms with Gasteiger partial charge in [-0.25, -0.2) is 8.78 Å². The number of carboxylic acid groups (broad SMARTS) is 1. The van der Waals surface area contributed by atoms with Gasteiger partial charge < -0.3 is 10.4 Å². The van der Waals surface area contributed by atoms with Crippen molar-refractivity contribution in [2.45, 2.75) is 30.2 Å². The maximum Gasteiger partial charge on any atom is 0.305 e. The normalized spacial score (nSPS) is 15.5. The van der Waals surface area contributed by atoms with Crippen molar-refractivity contribution in [3.8, 4) is 0 Å². The minimum absolute atomic E-state index is 0.0363. The topological polar surface area (TPSA) is 66.4 Å². The Bertz CT molecular complexity index is 549. The van der Waals surface area contributed by atoms with E-state index >= 15 is 0 Å². The number of hydrogen-bond acceptors (Lipinski definition) is 3. The molecule has 1 atom stereocenters. The molecule has 1 fully saturated rings. The van der Waals surface area contributed by atoms with E-state index in [0.717, 1.165) is 36.7 Å². The van der Waals surface area contributed by atoms with Gasteiger partial charge in [0, 0.05) is 17.0 Å². The van der Waals surface area contributed by atoms with Crippen LogP contribution in [0.2, 0.25) is 0 Å². The summed E-state index contributed by atoms with van der Waals surface area (Å²) in [6.45, 7) is 0. The first-order valence-electron chi connectivity index (χ1n) is 6.54. The average Bonchev–Trinajstić information content (AvgIpc) is 3.20. The van der Waals surface area contributed by atoms with Crippen LogP contribution in [0.15, 0.2) is 23.1 Å². The lowest BCUT2D eigenvalue weighted by molar-refractivity contribution is -0.137. The molecule has 0 spiro atoms. The molecule has 21 heavy (non-hydrogen) atoms. The number of carbonyl (C=O) groups is 2. The molecule has 1 aliphatic rings. The maximum absolute atomic E-state index is 13.4. The standard InChI is InChI=1S/C14H15F2NO3S/c15-9-3-4-12(10(16)5-9)21-7-13(18)17-11(6-14(19)20)8-1-2-8/h3-5,8,11H,1-2,6-7H2,(H,17,18)(H,19,20). The van der Waals surface area contributed by atoms with Crippen molar-refractivity contribution in [1.29, 1.82) is 0 Å². The van der Waals surface area contributed by atoms with Gasteiger partial charge >= 0.3 is 5.97 Å². The second kappa shape index (κ2) is 6.89. The Morgan fingerprint density at radius 2 is 2.10 bits per heavy atom. The number of rotatable bonds is 7. The molecule has 0 aromatic heterocycles. The largest absolute Gasteiger partial charge is 0.481 e. The summed E-state index contributed by atoms with van der Waals surface area (Å²) in [7, 11) is 0. The van der Waals surface area contributed by atoms with Crippen molar-refractivity contribution in [1.82, 2.24) is 5.32 Å². The van der Waals surface area contributed by atoms with Crippen LogP contribution < -0.4 is 5.32 Å². The van der Waals surface area contributed by atoms with Gasteiger partial charge in [0.15, 0.2) is 0 Å². The lowest BCUT2D eigenvalue weighted by Crippen LogP contribution is -2.39. The Kier molecular flexibility index (Phi) is 5.17. The zero-order chi connectivity index (χ0) is 15.4. The van der Waals surface area contributed by atoms with Gasteiger partial charge in [-0.05, 0) is 30.9 Å². The highest BCUT2D eigenvalue weighted by Crippen LogP contribution is 2.34. The van der Waals surface area contributed by atoms with Crippen LogP contribution in [0.25, 0.3) is 0 Å². The van der Waals surface area contributed by atoms with Crippen LogP contribution in [0.5, 0.6) is 0 Å². The number of benzene rings is 1. The van der Waals surface area contributed by atoms with Gasteiger partial charge in [0.05, 0.1) is 12.2 Å². The monoisotopic (exact) mass is 315 g/mol. The summed E-state index contributed by atoms with van der Waals surface area (Å²) in [6.07, 6.45) is 1.72. The molecule has 2 rings (SSSR count). The number of thioether (sulfide) groups is 1. The minimum atomic E-state index is -0.954. The van der Waals surface area contributed by atoms with E-state index in [2.05, 4.69) is 5.32 Å². The molecule has 7 heteroatoms. The number of aliphatic carboxylic acids is 1. The lowest BCUT2D eigenvalue weighted by atomic mass is 10.1. The number of halogens is 2. The molecule has 0 bridgehead atoms. The van der Waals surface area contributed by atoms with Gasteiger partial charge in [-0.3, -0.25) is 9.59 Å². The summed E-state index contributed by atoms with van der Waals surface area (Å²) < 4.78 is 26.2. The van der Waals surface area contributed by atoms with Crippen molar-refractivity contribution < 1.29 is 23.5 Å². The molecule has 1 aliphatic carbocycles. The predicted octanol–water partition coefficient (Wildman–Crippen LogP) is 2.43. The Hall–Kier alpha value is -1.63. The third-order valence-corrected chi connectivity index (χ3v) is 4.23. The number of carboxylic acids is 1. The van der Waals surface area contributed by atoms with Crippen molar-refractivity contribution in [2.75, 3.05) is 5.75 Å². The van der Waals surface area contributed by atoms with Crippen LogP contribution in [0.3, 0.4) is 0 Å². The fourth-order valence-corrected chi connectivity index (χ4v) is 2.74. The smallest absolute Gasteiger partial charge is 0.305 e. The molecule has 1 saturated carbocycles. The highest BCUT2D eigenvalue weighted by molar-refractivity contribution is 8.00.